The maximum atomic E-state index is 8.72. The number of rotatable bonds is 2. The molecule has 78 valence electrons. The van der Waals surface area contributed by atoms with Gasteiger partial charge >= 0.3 is 0 Å². The summed E-state index contributed by atoms with van der Waals surface area (Å²) in [6.07, 6.45) is 0.728. The first kappa shape index (κ1) is 10.7. The topological polar surface area (TPSA) is 36.7 Å². The number of aromatic nitrogens is 1. The van der Waals surface area contributed by atoms with Crippen molar-refractivity contribution in [3.05, 3.63) is 64.4 Å². The Hall–Kier alpha value is -1.85. The molecule has 1 heterocycles. The zero-order chi connectivity index (χ0) is 11.4. The van der Waals surface area contributed by atoms with Crippen molar-refractivity contribution in [1.29, 1.82) is 5.26 Å². The standard InChI is InChI=1S/C13H9ClN2/c14-13-11(9-15)6-7-12(16-13)8-10-4-2-1-3-5-10/h1-7H,8H2. The molecule has 0 aliphatic carbocycles. The lowest BCUT2D eigenvalue weighted by Crippen LogP contribution is -1.93. The molecule has 0 saturated heterocycles. The van der Waals surface area contributed by atoms with Crippen LogP contribution in [0.2, 0.25) is 5.15 Å². The van der Waals surface area contributed by atoms with Crippen LogP contribution in [0.4, 0.5) is 0 Å². The summed E-state index contributed by atoms with van der Waals surface area (Å²) >= 11 is 5.86. The van der Waals surface area contributed by atoms with Crippen LogP contribution in [0.5, 0.6) is 0 Å². The lowest BCUT2D eigenvalue weighted by atomic mass is 10.1. The van der Waals surface area contributed by atoms with Crippen molar-refractivity contribution < 1.29 is 0 Å². The molecule has 0 saturated carbocycles. The van der Waals surface area contributed by atoms with E-state index in [1.165, 1.54) is 5.56 Å². The molecule has 2 aromatic rings. The van der Waals surface area contributed by atoms with Gasteiger partial charge in [0.05, 0.1) is 5.56 Å². The zero-order valence-electron chi connectivity index (χ0n) is 8.52. The quantitative estimate of drug-likeness (QED) is 0.741. The van der Waals surface area contributed by atoms with E-state index in [0.29, 0.717) is 5.56 Å². The molecule has 2 nitrogen and oxygen atoms in total. The summed E-state index contributed by atoms with van der Waals surface area (Å²) < 4.78 is 0. The van der Waals surface area contributed by atoms with Crippen LogP contribution in [-0.4, -0.2) is 4.98 Å². The highest BCUT2D eigenvalue weighted by atomic mass is 35.5. The smallest absolute Gasteiger partial charge is 0.147 e. The fourth-order valence-electron chi connectivity index (χ4n) is 1.46. The van der Waals surface area contributed by atoms with E-state index in [2.05, 4.69) is 4.98 Å². The zero-order valence-corrected chi connectivity index (χ0v) is 9.28. The first-order valence-corrected chi connectivity index (χ1v) is 5.27. The number of hydrogen-bond acceptors (Lipinski definition) is 2. The molecule has 3 heteroatoms. The Kier molecular flexibility index (Phi) is 3.19. The molecular formula is C13H9ClN2. The van der Waals surface area contributed by atoms with Crippen LogP contribution in [-0.2, 0) is 6.42 Å². The van der Waals surface area contributed by atoms with Crippen molar-refractivity contribution in [2.75, 3.05) is 0 Å². The minimum atomic E-state index is 0.274. The summed E-state index contributed by atoms with van der Waals surface area (Å²) in [7, 11) is 0. The van der Waals surface area contributed by atoms with Crippen molar-refractivity contribution in [2.45, 2.75) is 6.42 Å². The SMILES string of the molecule is N#Cc1ccc(Cc2ccccc2)nc1Cl. The van der Waals surface area contributed by atoms with E-state index in [1.54, 1.807) is 6.07 Å². The third-order valence-electron chi connectivity index (χ3n) is 2.25. The van der Waals surface area contributed by atoms with Crippen LogP contribution in [0.3, 0.4) is 0 Å². The minimum Gasteiger partial charge on any atom is -0.239 e. The number of nitrogens with zero attached hydrogens (tertiary/aromatic N) is 2. The molecule has 0 aliphatic rings. The molecule has 0 N–H and O–H groups in total. The van der Waals surface area contributed by atoms with Crippen molar-refractivity contribution in [1.82, 2.24) is 4.98 Å². The summed E-state index contributed by atoms with van der Waals surface area (Å²) in [6, 6.07) is 15.5. The molecule has 2 rings (SSSR count). The summed E-state index contributed by atoms with van der Waals surface area (Å²) in [6.45, 7) is 0. The van der Waals surface area contributed by atoms with Gasteiger partial charge in [-0.15, -0.1) is 0 Å². The average molecular weight is 229 g/mol. The van der Waals surface area contributed by atoms with E-state index in [0.717, 1.165) is 12.1 Å². The molecular weight excluding hydrogens is 220 g/mol. The number of benzene rings is 1. The third kappa shape index (κ3) is 2.39. The molecule has 1 aromatic heterocycles. The molecule has 16 heavy (non-hydrogen) atoms. The fraction of sp³-hybridized carbons (Fsp3) is 0.0769. The van der Waals surface area contributed by atoms with Crippen LogP contribution < -0.4 is 0 Å². The van der Waals surface area contributed by atoms with Gasteiger partial charge in [-0.05, 0) is 17.7 Å². The highest BCUT2D eigenvalue weighted by molar-refractivity contribution is 6.30. The molecule has 0 amide bonds. The highest BCUT2D eigenvalue weighted by Gasteiger charge is 2.03. The van der Waals surface area contributed by atoms with Gasteiger partial charge in [0, 0.05) is 12.1 Å². The Morgan fingerprint density at radius 3 is 2.50 bits per heavy atom. The van der Waals surface area contributed by atoms with Crippen LogP contribution in [0.25, 0.3) is 0 Å². The average Bonchev–Trinajstić information content (AvgIpc) is 2.31. The molecule has 0 atom stereocenters. The largest absolute Gasteiger partial charge is 0.239 e. The number of halogens is 1. The van der Waals surface area contributed by atoms with E-state index in [9.17, 15) is 0 Å². The third-order valence-corrected chi connectivity index (χ3v) is 2.54. The van der Waals surface area contributed by atoms with E-state index < -0.39 is 0 Å². The molecule has 0 spiro atoms. The fourth-order valence-corrected chi connectivity index (χ4v) is 1.67. The summed E-state index contributed by atoms with van der Waals surface area (Å²) in [4.78, 5) is 4.18. The second-order valence-corrected chi connectivity index (χ2v) is 3.77. The maximum Gasteiger partial charge on any atom is 0.147 e. The van der Waals surface area contributed by atoms with Crippen molar-refractivity contribution in [2.24, 2.45) is 0 Å². The van der Waals surface area contributed by atoms with Gasteiger partial charge in [-0.3, -0.25) is 0 Å². The monoisotopic (exact) mass is 228 g/mol. The Morgan fingerprint density at radius 1 is 1.12 bits per heavy atom. The van der Waals surface area contributed by atoms with Crippen LogP contribution in [0.15, 0.2) is 42.5 Å². The molecule has 0 bridgehead atoms. The molecule has 1 aromatic carbocycles. The van der Waals surface area contributed by atoms with E-state index in [-0.39, 0.29) is 5.15 Å². The van der Waals surface area contributed by atoms with Gasteiger partial charge in [0.1, 0.15) is 11.2 Å². The van der Waals surface area contributed by atoms with Gasteiger partial charge in [0.2, 0.25) is 0 Å². The van der Waals surface area contributed by atoms with Crippen molar-refractivity contribution in [3.8, 4) is 6.07 Å². The van der Waals surface area contributed by atoms with Crippen LogP contribution >= 0.6 is 11.6 Å². The molecule has 0 aliphatic heterocycles. The van der Waals surface area contributed by atoms with E-state index in [1.807, 2.05) is 42.5 Å². The summed E-state index contributed by atoms with van der Waals surface area (Å²) in [5.74, 6) is 0. The predicted molar refractivity (Wildman–Crippen MR) is 63.2 cm³/mol. The summed E-state index contributed by atoms with van der Waals surface area (Å²) in [5.41, 5.74) is 2.46. The lowest BCUT2D eigenvalue weighted by molar-refractivity contribution is 1.07. The minimum absolute atomic E-state index is 0.274. The number of hydrogen-bond donors (Lipinski definition) is 0. The van der Waals surface area contributed by atoms with Gasteiger partial charge in [0.15, 0.2) is 0 Å². The van der Waals surface area contributed by atoms with Crippen LogP contribution in [0.1, 0.15) is 16.8 Å². The highest BCUT2D eigenvalue weighted by Crippen LogP contribution is 2.14. The predicted octanol–water partition coefficient (Wildman–Crippen LogP) is 3.20. The summed E-state index contributed by atoms with van der Waals surface area (Å²) in [5, 5.41) is 9.00. The van der Waals surface area contributed by atoms with Gasteiger partial charge < -0.3 is 0 Å². The molecule has 0 fully saturated rings. The van der Waals surface area contributed by atoms with Gasteiger partial charge in [-0.25, -0.2) is 4.98 Å². The first-order valence-electron chi connectivity index (χ1n) is 4.89. The lowest BCUT2D eigenvalue weighted by Gasteiger charge is -2.02. The Bertz CT molecular complexity index is 529. The number of nitriles is 1. The van der Waals surface area contributed by atoms with Crippen molar-refractivity contribution in [3.63, 3.8) is 0 Å². The van der Waals surface area contributed by atoms with E-state index in [4.69, 9.17) is 16.9 Å². The molecule has 0 radical (unpaired) electrons. The van der Waals surface area contributed by atoms with Gasteiger partial charge in [-0.2, -0.15) is 5.26 Å². The van der Waals surface area contributed by atoms with Gasteiger partial charge in [0.25, 0.3) is 0 Å². The Labute approximate surface area is 99.1 Å². The Morgan fingerprint density at radius 2 is 1.88 bits per heavy atom. The second-order valence-electron chi connectivity index (χ2n) is 3.42. The van der Waals surface area contributed by atoms with E-state index >= 15 is 0 Å². The number of pyridine rings is 1. The van der Waals surface area contributed by atoms with Crippen molar-refractivity contribution >= 4 is 11.6 Å². The first-order chi connectivity index (χ1) is 7.79. The van der Waals surface area contributed by atoms with Gasteiger partial charge in [-0.1, -0.05) is 41.9 Å². The van der Waals surface area contributed by atoms with Crippen LogP contribution in [0, 0.1) is 11.3 Å². The Balaban J connectivity index is 2.24. The second kappa shape index (κ2) is 4.78. The normalized spacial score (nSPS) is 9.75. The molecule has 0 unspecified atom stereocenters. The maximum absolute atomic E-state index is 8.72.